The van der Waals surface area contributed by atoms with Crippen LogP contribution in [-0.4, -0.2) is 54.7 Å². The number of hydrogen-bond acceptors (Lipinski definition) is 4. The SMILES string of the molecule is O=C(c1cc(C(=O)N(C2CCCCC2)C23CC4CC(CC(C4)C2)C3)ncn1)N(C1CCCCC1)C12CC3CC(CC(C3)C1)C2. The Balaban J connectivity index is 1.05. The quantitative estimate of drug-likeness (QED) is 0.333. The summed E-state index contributed by atoms with van der Waals surface area (Å²) in [7, 11) is 0. The molecule has 1 heterocycles. The van der Waals surface area contributed by atoms with Crippen molar-refractivity contribution in [1.82, 2.24) is 19.8 Å². The number of aromatic nitrogens is 2. The van der Waals surface area contributed by atoms with Gasteiger partial charge in [0.2, 0.25) is 0 Å². The van der Waals surface area contributed by atoms with Crippen LogP contribution < -0.4 is 0 Å². The van der Waals surface area contributed by atoms with Crippen LogP contribution in [0, 0.1) is 35.5 Å². The van der Waals surface area contributed by atoms with E-state index in [1.54, 1.807) is 0 Å². The van der Waals surface area contributed by atoms with Gasteiger partial charge in [0.15, 0.2) is 0 Å². The molecule has 0 saturated heterocycles. The van der Waals surface area contributed by atoms with Gasteiger partial charge in [-0.2, -0.15) is 0 Å². The highest BCUT2D eigenvalue weighted by molar-refractivity contribution is 5.98. The van der Waals surface area contributed by atoms with Gasteiger partial charge in [0.1, 0.15) is 17.7 Å². The fraction of sp³-hybridized carbons (Fsp3) is 0.842. The van der Waals surface area contributed by atoms with Crippen LogP contribution in [0.15, 0.2) is 12.4 Å². The summed E-state index contributed by atoms with van der Waals surface area (Å²) >= 11 is 0. The van der Waals surface area contributed by atoms with Crippen LogP contribution in [0.25, 0.3) is 0 Å². The van der Waals surface area contributed by atoms with Crippen molar-refractivity contribution in [3.63, 3.8) is 0 Å². The first kappa shape index (κ1) is 28.3. The summed E-state index contributed by atoms with van der Waals surface area (Å²) < 4.78 is 0. The molecule has 11 rings (SSSR count). The summed E-state index contributed by atoms with van der Waals surface area (Å²) in [6, 6.07) is 2.46. The van der Waals surface area contributed by atoms with Gasteiger partial charge in [-0.3, -0.25) is 9.59 Å². The van der Waals surface area contributed by atoms with E-state index >= 15 is 0 Å². The van der Waals surface area contributed by atoms with E-state index < -0.39 is 0 Å². The lowest BCUT2D eigenvalue weighted by Crippen LogP contribution is -2.64. The summed E-state index contributed by atoms with van der Waals surface area (Å²) in [4.78, 5) is 43.8. The van der Waals surface area contributed by atoms with Gasteiger partial charge in [-0.15, -0.1) is 0 Å². The molecule has 10 aliphatic rings. The molecule has 6 nitrogen and oxygen atoms in total. The third kappa shape index (κ3) is 4.69. The number of rotatable bonds is 6. The maximum absolute atomic E-state index is 14.8. The summed E-state index contributed by atoms with van der Waals surface area (Å²) in [5.74, 6) is 4.89. The van der Waals surface area contributed by atoms with Crippen LogP contribution in [0.4, 0.5) is 0 Å². The molecular formula is C38H54N4O2. The third-order valence-corrected chi connectivity index (χ3v) is 14.5. The molecule has 10 aliphatic carbocycles. The van der Waals surface area contributed by atoms with E-state index in [0.29, 0.717) is 23.5 Å². The van der Waals surface area contributed by atoms with Crippen LogP contribution in [0.3, 0.4) is 0 Å². The number of amides is 2. The monoisotopic (exact) mass is 598 g/mol. The molecule has 0 unspecified atom stereocenters. The smallest absolute Gasteiger partial charge is 0.273 e. The molecule has 0 aliphatic heterocycles. The van der Waals surface area contributed by atoms with Gasteiger partial charge in [-0.1, -0.05) is 38.5 Å². The van der Waals surface area contributed by atoms with Gasteiger partial charge in [0, 0.05) is 29.2 Å². The first-order valence-electron chi connectivity index (χ1n) is 19.0. The Kier molecular flexibility index (Phi) is 6.93. The summed E-state index contributed by atoms with van der Waals surface area (Å²) in [5, 5.41) is 0. The number of hydrogen-bond donors (Lipinski definition) is 0. The molecule has 0 spiro atoms. The highest BCUT2D eigenvalue weighted by Crippen LogP contribution is 2.60. The average Bonchev–Trinajstić information content (AvgIpc) is 3.01. The number of carbonyl (C=O) groups is 2. The van der Waals surface area contributed by atoms with E-state index in [9.17, 15) is 9.59 Å². The first-order valence-corrected chi connectivity index (χ1v) is 19.0. The third-order valence-electron chi connectivity index (χ3n) is 14.5. The second-order valence-corrected chi connectivity index (χ2v) is 17.5. The predicted molar refractivity (Wildman–Crippen MR) is 170 cm³/mol. The molecular weight excluding hydrogens is 544 g/mol. The van der Waals surface area contributed by atoms with Crippen molar-refractivity contribution in [2.45, 2.75) is 164 Å². The van der Waals surface area contributed by atoms with Crippen molar-refractivity contribution in [2.24, 2.45) is 35.5 Å². The van der Waals surface area contributed by atoms with Gasteiger partial charge in [0.05, 0.1) is 0 Å². The van der Waals surface area contributed by atoms with Gasteiger partial charge < -0.3 is 9.80 Å². The lowest BCUT2D eigenvalue weighted by Gasteiger charge is -2.62. The zero-order chi connectivity index (χ0) is 29.5. The molecule has 238 valence electrons. The van der Waals surface area contributed by atoms with Crippen LogP contribution in [-0.2, 0) is 0 Å². The Hall–Kier alpha value is -1.98. The zero-order valence-corrected chi connectivity index (χ0v) is 26.9. The molecule has 0 aromatic carbocycles. The van der Waals surface area contributed by atoms with E-state index in [0.717, 1.165) is 61.2 Å². The molecule has 0 atom stereocenters. The maximum atomic E-state index is 14.8. The maximum Gasteiger partial charge on any atom is 0.273 e. The Bertz CT molecular complexity index is 1120. The molecule has 1 aromatic heterocycles. The van der Waals surface area contributed by atoms with Crippen LogP contribution in [0.5, 0.6) is 0 Å². The standard InChI is InChI=1S/C38H54N4O2/c43-35(41(31-7-3-1-4-8-31)37-18-25-11-26(19-37)13-27(12-25)20-37)33-17-34(40-24-39-33)36(44)42(32-9-5-2-6-10-32)38-21-28-14-29(22-38)16-30(15-28)23-38/h17,24-32H,1-16,18-23H2. The highest BCUT2D eigenvalue weighted by atomic mass is 16.2. The van der Waals surface area contributed by atoms with Crippen molar-refractivity contribution >= 4 is 11.8 Å². The van der Waals surface area contributed by atoms with Crippen molar-refractivity contribution in [1.29, 1.82) is 0 Å². The molecule has 0 radical (unpaired) electrons. The molecule has 8 bridgehead atoms. The topological polar surface area (TPSA) is 66.4 Å². The fourth-order valence-electron chi connectivity index (χ4n) is 13.8. The van der Waals surface area contributed by atoms with Crippen molar-refractivity contribution < 1.29 is 9.59 Å². The van der Waals surface area contributed by atoms with E-state index in [4.69, 9.17) is 0 Å². The largest absolute Gasteiger partial charge is 0.329 e. The Morgan fingerprint density at radius 3 is 1.16 bits per heavy atom. The summed E-state index contributed by atoms with van der Waals surface area (Å²) in [6.07, 6.45) is 28.8. The molecule has 44 heavy (non-hydrogen) atoms. The Labute approximate surface area is 264 Å². The van der Waals surface area contributed by atoms with E-state index in [1.807, 2.05) is 6.07 Å². The van der Waals surface area contributed by atoms with E-state index in [-0.39, 0.29) is 22.9 Å². The molecule has 10 saturated carbocycles. The minimum atomic E-state index is -0.00368. The minimum absolute atomic E-state index is 0.00368. The zero-order valence-electron chi connectivity index (χ0n) is 26.9. The van der Waals surface area contributed by atoms with Crippen LogP contribution >= 0.6 is 0 Å². The first-order chi connectivity index (χ1) is 21.5. The second kappa shape index (κ2) is 10.8. The molecule has 10 fully saturated rings. The van der Waals surface area contributed by atoms with E-state index in [2.05, 4.69) is 19.8 Å². The molecule has 2 amide bonds. The average molecular weight is 599 g/mol. The minimum Gasteiger partial charge on any atom is -0.329 e. The van der Waals surface area contributed by atoms with Crippen molar-refractivity contribution in [3.05, 3.63) is 23.8 Å². The Morgan fingerprint density at radius 1 is 0.523 bits per heavy atom. The fourth-order valence-corrected chi connectivity index (χ4v) is 13.8. The highest BCUT2D eigenvalue weighted by Gasteiger charge is 2.58. The predicted octanol–water partition coefficient (Wildman–Crippen LogP) is 7.96. The van der Waals surface area contributed by atoms with Gasteiger partial charge in [0.25, 0.3) is 11.8 Å². The lowest BCUT2D eigenvalue weighted by molar-refractivity contribution is -0.0916. The normalized spacial score (nSPS) is 41.2. The van der Waals surface area contributed by atoms with E-state index in [1.165, 1.54) is 122 Å². The van der Waals surface area contributed by atoms with Crippen LogP contribution in [0.2, 0.25) is 0 Å². The van der Waals surface area contributed by atoms with Crippen molar-refractivity contribution in [3.8, 4) is 0 Å². The summed E-state index contributed by atoms with van der Waals surface area (Å²) in [5.41, 5.74) is 0.935. The Morgan fingerprint density at radius 2 is 0.841 bits per heavy atom. The van der Waals surface area contributed by atoms with Gasteiger partial charge >= 0.3 is 0 Å². The van der Waals surface area contributed by atoms with Crippen molar-refractivity contribution in [2.75, 3.05) is 0 Å². The molecule has 0 N–H and O–H groups in total. The molecule has 1 aromatic rings. The van der Waals surface area contributed by atoms with Gasteiger partial charge in [-0.05, 0) is 138 Å². The van der Waals surface area contributed by atoms with Crippen LogP contribution in [0.1, 0.15) is 162 Å². The number of carbonyl (C=O) groups excluding carboxylic acids is 2. The number of nitrogens with zero attached hydrogens (tertiary/aromatic N) is 4. The summed E-state index contributed by atoms with van der Waals surface area (Å²) in [6.45, 7) is 0. The molecule has 6 heteroatoms. The lowest BCUT2D eigenvalue weighted by atomic mass is 9.52. The van der Waals surface area contributed by atoms with Gasteiger partial charge in [-0.25, -0.2) is 9.97 Å². The second-order valence-electron chi connectivity index (χ2n) is 17.5.